The van der Waals surface area contributed by atoms with Crippen LogP contribution in [0.2, 0.25) is 0 Å². The van der Waals surface area contributed by atoms with Gasteiger partial charge in [-0.05, 0) is 67.5 Å². The minimum absolute atomic E-state index is 0.0128. The maximum absolute atomic E-state index is 12.4. The summed E-state index contributed by atoms with van der Waals surface area (Å²) in [5.41, 5.74) is 4.26. The number of hydrogen-bond donors (Lipinski definition) is 2. The molecule has 1 heterocycles. The van der Waals surface area contributed by atoms with Crippen LogP contribution in [0.25, 0.3) is 0 Å². The average Bonchev–Trinajstić information content (AvgIpc) is 3.25. The van der Waals surface area contributed by atoms with Gasteiger partial charge in [-0.25, -0.2) is 0 Å². The molecule has 0 saturated carbocycles. The van der Waals surface area contributed by atoms with E-state index in [1.54, 1.807) is 7.11 Å². The molecule has 2 aliphatic rings. The van der Waals surface area contributed by atoms with E-state index in [-0.39, 0.29) is 24.4 Å². The summed E-state index contributed by atoms with van der Waals surface area (Å²) in [5.74, 6) is 0.488. The van der Waals surface area contributed by atoms with Crippen LogP contribution in [-0.4, -0.2) is 44.6 Å². The van der Waals surface area contributed by atoms with Crippen molar-refractivity contribution in [1.82, 2.24) is 10.6 Å². The van der Waals surface area contributed by atoms with Gasteiger partial charge in [-0.3, -0.25) is 9.59 Å². The van der Waals surface area contributed by atoms with Crippen LogP contribution in [0, 0.1) is 0 Å². The molecule has 6 nitrogen and oxygen atoms in total. The summed E-state index contributed by atoms with van der Waals surface area (Å²) in [6.07, 6.45) is 5.19. The normalized spacial score (nSPS) is 17.9. The zero-order chi connectivity index (χ0) is 20.9. The summed E-state index contributed by atoms with van der Waals surface area (Å²) in [4.78, 5) is 27.1. The molecule has 1 aliphatic heterocycles. The number of methoxy groups -OCH3 is 1. The van der Waals surface area contributed by atoms with Gasteiger partial charge in [-0.15, -0.1) is 0 Å². The van der Waals surface area contributed by atoms with Crippen molar-refractivity contribution in [1.29, 1.82) is 0 Å². The number of piperidine rings is 1. The van der Waals surface area contributed by atoms with Crippen molar-refractivity contribution in [3.8, 4) is 5.75 Å². The lowest BCUT2D eigenvalue weighted by Gasteiger charge is -2.35. The quantitative estimate of drug-likeness (QED) is 0.773. The number of amides is 2. The highest BCUT2D eigenvalue weighted by Gasteiger charge is 2.23. The lowest BCUT2D eigenvalue weighted by atomic mass is 10.0. The van der Waals surface area contributed by atoms with Gasteiger partial charge in [0.05, 0.1) is 19.3 Å². The number of ether oxygens (including phenoxy) is 1. The molecule has 1 atom stereocenters. The Bertz CT molecular complexity index is 928. The molecule has 0 spiro atoms. The number of hydrogen-bond acceptors (Lipinski definition) is 4. The standard InChI is InChI=1S/C24H29N3O3/c1-30-22-10-3-2-9-21(22)27-13-5-8-20(16-27)26-23(28)15-25-24(29)19-12-11-17-6-4-7-18(17)14-19/h2-3,9-12,14,20H,4-8,13,15-16H2,1H3,(H,25,29)(H,26,28). The van der Waals surface area contributed by atoms with Crippen LogP contribution in [0.15, 0.2) is 42.5 Å². The molecule has 158 valence electrons. The molecule has 1 unspecified atom stereocenters. The second-order valence-electron chi connectivity index (χ2n) is 8.04. The van der Waals surface area contributed by atoms with Gasteiger partial charge in [0.1, 0.15) is 5.75 Å². The average molecular weight is 408 g/mol. The number of aryl methyl sites for hydroxylation is 2. The minimum Gasteiger partial charge on any atom is -0.495 e. The third-order valence-corrected chi connectivity index (χ3v) is 5.98. The third-order valence-electron chi connectivity index (χ3n) is 5.98. The van der Waals surface area contributed by atoms with Gasteiger partial charge in [-0.2, -0.15) is 0 Å². The van der Waals surface area contributed by atoms with Crippen LogP contribution >= 0.6 is 0 Å². The molecular weight excluding hydrogens is 378 g/mol. The van der Waals surface area contributed by atoms with Crippen molar-refractivity contribution >= 4 is 17.5 Å². The highest BCUT2D eigenvalue weighted by Crippen LogP contribution is 2.29. The number of fused-ring (bicyclic) bond motifs is 1. The molecule has 0 aromatic heterocycles. The Morgan fingerprint density at radius 2 is 1.93 bits per heavy atom. The predicted octanol–water partition coefficient (Wildman–Crippen LogP) is 2.70. The van der Waals surface area contributed by atoms with E-state index in [1.165, 1.54) is 11.1 Å². The van der Waals surface area contributed by atoms with Crippen molar-refractivity contribution in [3.63, 3.8) is 0 Å². The van der Waals surface area contributed by atoms with Gasteiger partial charge in [0.15, 0.2) is 0 Å². The van der Waals surface area contributed by atoms with E-state index in [2.05, 4.69) is 15.5 Å². The fourth-order valence-electron chi connectivity index (χ4n) is 4.46. The fourth-order valence-corrected chi connectivity index (χ4v) is 4.46. The van der Waals surface area contributed by atoms with Crippen LogP contribution in [0.4, 0.5) is 5.69 Å². The van der Waals surface area contributed by atoms with Crippen molar-refractivity contribution < 1.29 is 14.3 Å². The number of nitrogens with one attached hydrogen (secondary N) is 2. The maximum atomic E-state index is 12.4. The van der Waals surface area contributed by atoms with E-state index in [0.29, 0.717) is 5.56 Å². The first-order chi connectivity index (χ1) is 14.6. The van der Waals surface area contributed by atoms with Gasteiger partial charge in [0, 0.05) is 24.7 Å². The number of nitrogens with zero attached hydrogens (tertiary/aromatic N) is 1. The first-order valence-electron chi connectivity index (χ1n) is 10.7. The van der Waals surface area contributed by atoms with Crippen molar-refractivity contribution in [2.45, 2.75) is 38.1 Å². The van der Waals surface area contributed by atoms with Crippen LogP contribution in [0.3, 0.4) is 0 Å². The molecule has 2 amide bonds. The molecule has 30 heavy (non-hydrogen) atoms. The third kappa shape index (κ3) is 4.58. The monoisotopic (exact) mass is 407 g/mol. The van der Waals surface area contributed by atoms with E-state index >= 15 is 0 Å². The largest absolute Gasteiger partial charge is 0.495 e. The van der Waals surface area contributed by atoms with E-state index < -0.39 is 0 Å². The van der Waals surface area contributed by atoms with E-state index in [9.17, 15) is 9.59 Å². The Balaban J connectivity index is 1.29. The molecule has 1 fully saturated rings. The van der Waals surface area contributed by atoms with Crippen LogP contribution in [0.5, 0.6) is 5.75 Å². The molecule has 6 heteroatoms. The van der Waals surface area contributed by atoms with Crippen molar-refractivity contribution in [2.75, 3.05) is 31.6 Å². The Morgan fingerprint density at radius 1 is 1.10 bits per heavy atom. The topological polar surface area (TPSA) is 70.7 Å². The first kappa shape index (κ1) is 20.3. The van der Waals surface area contributed by atoms with Gasteiger partial charge < -0.3 is 20.3 Å². The number of carbonyl (C=O) groups excluding carboxylic acids is 2. The molecule has 2 aromatic carbocycles. The zero-order valence-corrected chi connectivity index (χ0v) is 17.4. The highest BCUT2D eigenvalue weighted by molar-refractivity contribution is 5.96. The molecule has 0 bridgehead atoms. The lowest BCUT2D eigenvalue weighted by molar-refractivity contribution is -0.120. The molecular formula is C24H29N3O3. The maximum Gasteiger partial charge on any atom is 0.251 e. The van der Waals surface area contributed by atoms with Gasteiger partial charge in [0.25, 0.3) is 5.91 Å². The number of para-hydroxylation sites is 2. The minimum atomic E-state index is -0.195. The highest BCUT2D eigenvalue weighted by atomic mass is 16.5. The smallest absolute Gasteiger partial charge is 0.251 e. The second-order valence-corrected chi connectivity index (χ2v) is 8.04. The molecule has 2 aromatic rings. The number of carbonyl (C=O) groups is 2. The van der Waals surface area contributed by atoms with Gasteiger partial charge >= 0.3 is 0 Å². The Kier molecular flexibility index (Phi) is 6.21. The SMILES string of the molecule is COc1ccccc1N1CCCC(NC(=O)CNC(=O)c2ccc3c(c2)CCC3)C1. The Labute approximate surface area is 177 Å². The summed E-state index contributed by atoms with van der Waals surface area (Å²) >= 11 is 0. The van der Waals surface area contributed by atoms with Crippen molar-refractivity contribution in [2.24, 2.45) is 0 Å². The van der Waals surface area contributed by atoms with Crippen molar-refractivity contribution in [3.05, 3.63) is 59.2 Å². The second kappa shape index (κ2) is 9.20. The lowest BCUT2D eigenvalue weighted by Crippen LogP contribution is -2.50. The van der Waals surface area contributed by atoms with Crippen LogP contribution in [-0.2, 0) is 17.6 Å². The van der Waals surface area contributed by atoms with Crippen LogP contribution < -0.4 is 20.3 Å². The van der Waals surface area contributed by atoms with E-state index in [4.69, 9.17) is 4.74 Å². The number of anilines is 1. The predicted molar refractivity (Wildman–Crippen MR) is 117 cm³/mol. The fraction of sp³-hybridized carbons (Fsp3) is 0.417. The number of benzene rings is 2. The molecule has 0 radical (unpaired) electrons. The summed E-state index contributed by atoms with van der Waals surface area (Å²) < 4.78 is 5.47. The summed E-state index contributed by atoms with van der Waals surface area (Å²) in [6.45, 7) is 1.65. The molecule has 2 N–H and O–H groups in total. The zero-order valence-electron chi connectivity index (χ0n) is 17.4. The molecule has 4 rings (SSSR count). The van der Waals surface area contributed by atoms with E-state index in [1.807, 2.05) is 42.5 Å². The van der Waals surface area contributed by atoms with Gasteiger partial charge in [0.2, 0.25) is 5.91 Å². The molecule has 1 saturated heterocycles. The number of rotatable bonds is 6. The summed E-state index contributed by atoms with van der Waals surface area (Å²) in [6, 6.07) is 13.8. The van der Waals surface area contributed by atoms with Gasteiger partial charge in [-0.1, -0.05) is 18.2 Å². The Hall–Kier alpha value is -3.02. The first-order valence-corrected chi connectivity index (χ1v) is 10.7. The summed E-state index contributed by atoms with van der Waals surface area (Å²) in [5, 5.41) is 5.82. The summed E-state index contributed by atoms with van der Waals surface area (Å²) in [7, 11) is 1.67. The van der Waals surface area contributed by atoms with E-state index in [0.717, 1.165) is 56.6 Å². The molecule has 1 aliphatic carbocycles. The van der Waals surface area contributed by atoms with Crippen LogP contribution in [0.1, 0.15) is 40.7 Å². The Morgan fingerprint density at radius 3 is 2.80 bits per heavy atom.